The van der Waals surface area contributed by atoms with E-state index in [1.807, 2.05) is 6.26 Å². The summed E-state index contributed by atoms with van der Waals surface area (Å²) in [5.41, 5.74) is 4.26. The Hall–Kier alpha value is -1.11. The lowest BCUT2D eigenvalue weighted by Crippen LogP contribution is -2.35. The van der Waals surface area contributed by atoms with Gasteiger partial charge in [-0.05, 0) is 30.4 Å². The molecule has 2 heterocycles. The molecule has 1 aliphatic heterocycles. The van der Waals surface area contributed by atoms with Crippen LogP contribution in [-0.2, 0) is 19.5 Å². The van der Waals surface area contributed by atoms with E-state index in [1.165, 1.54) is 22.9 Å². The molecule has 0 atom stereocenters. The molecule has 0 aliphatic carbocycles. The van der Waals surface area contributed by atoms with E-state index in [1.54, 1.807) is 0 Å². The Morgan fingerprint density at radius 2 is 2.27 bits per heavy atom. The minimum absolute atomic E-state index is 0.00187. The van der Waals surface area contributed by atoms with Crippen molar-refractivity contribution in [3.8, 4) is 0 Å². The normalized spacial score (nSPS) is 14.9. The molecule has 6 heteroatoms. The Labute approximate surface area is 142 Å². The number of aromatic amines is 1. The van der Waals surface area contributed by atoms with Crippen LogP contribution in [-0.4, -0.2) is 27.7 Å². The van der Waals surface area contributed by atoms with Gasteiger partial charge >= 0.3 is 0 Å². The number of aromatic nitrogens is 2. The third-order valence-electron chi connectivity index (χ3n) is 3.92. The zero-order chi connectivity index (χ0) is 15.7. The standard InChI is InChI=1S/C16H18BrN3OS/c1-10-3-4-11(13(17)7-10)8-20-6-5-14-12(9-20)15(21)19-16(18-14)22-2/h3-4,7H,5-6,8-9H2,1-2H3,(H,18,19,21). The first kappa shape index (κ1) is 15.8. The van der Waals surface area contributed by atoms with Crippen LogP contribution in [0, 0.1) is 6.92 Å². The number of nitrogens with zero attached hydrogens (tertiary/aromatic N) is 2. The Bertz CT molecular complexity index is 760. The molecule has 0 unspecified atom stereocenters. The summed E-state index contributed by atoms with van der Waals surface area (Å²) in [6.07, 6.45) is 2.75. The molecule has 0 saturated heterocycles. The summed E-state index contributed by atoms with van der Waals surface area (Å²) in [6.45, 7) is 4.51. The highest BCUT2D eigenvalue weighted by Gasteiger charge is 2.21. The highest BCUT2D eigenvalue weighted by molar-refractivity contribution is 9.10. The first-order valence-corrected chi connectivity index (χ1v) is 9.22. The lowest BCUT2D eigenvalue weighted by molar-refractivity contribution is 0.240. The van der Waals surface area contributed by atoms with Crippen molar-refractivity contribution in [2.75, 3.05) is 12.8 Å². The fourth-order valence-electron chi connectivity index (χ4n) is 2.71. The summed E-state index contributed by atoms with van der Waals surface area (Å²) in [6, 6.07) is 6.40. The lowest BCUT2D eigenvalue weighted by Gasteiger charge is -2.28. The van der Waals surface area contributed by atoms with Gasteiger partial charge in [-0.15, -0.1) is 0 Å². The molecule has 3 rings (SSSR count). The van der Waals surface area contributed by atoms with Gasteiger partial charge in [0.05, 0.1) is 11.3 Å². The van der Waals surface area contributed by atoms with Crippen LogP contribution in [0.15, 0.2) is 32.6 Å². The Morgan fingerprint density at radius 3 is 3.00 bits per heavy atom. The molecule has 4 nitrogen and oxygen atoms in total. The van der Waals surface area contributed by atoms with Crippen molar-refractivity contribution in [3.05, 3.63) is 55.4 Å². The minimum Gasteiger partial charge on any atom is -0.301 e. The van der Waals surface area contributed by atoms with E-state index in [4.69, 9.17) is 0 Å². The van der Waals surface area contributed by atoms with E-state index >= 15 is 0 Å². The molecule has 2 aromatic rings. The largest absolute Gasteiger partial charge is 0.301 e. The average molecular weight is 380 g/mol. The monoisotopic (exact) mass is 379 g/mol. The van der Waals surface area contributed by atoms with Gasteiger partial charge in [0.15, 0.2) is 5.16 Å². The molecule has 1 N–H and O–H groups in total. The van der Waals surface area contributed by atoms with Crippen molar-refractivity contribution in [2.24, 2.45) is 0 Å². The van der Waals surface area contributed by atoms with Crippen molar-refractivity contribution in [3.63, 3.8) is 0 Å². The van der Waals surface area contributed by atoms with Gasteiger partial charge in [-0.2, -0.15) is 0 Å². The number of hydrogen-bond acceptors (Lipinski definition) is 4. The first-order valence-electron chi connectivity index (χ1n) is 7.20. The van der Waals surface area contributed by atoms with Crippen LogP contribution in [0.1, 0.15) is 22.4 Å². The number of nitrogens with one attached hydrogen (secondary N) is 1. The summed E-state index contributed by atoms with van der Waals surface area (Å²) >= 11 is 5.11. The molecule has 22 heavy (non-hydrogen) atoms. The number of benzene rings is 1. The molecular formula is C16H18BrN3OS. The van der Waals surface area contributed by atoms with E-state index in [0.29, 0.717) is 11.7 Å². The van der Waals surface area contributed by atoms with Gasteiger partial charge in [-0.25, -0.2) is 4.98 Å². The van der Waals surface area contributed by atoms with Gasteiger partial charge in [0.1, 0.15) is 0 Å². The molecule has 0 amide bonds. The number of H-pyrrole nitrogens is 1. The van der Waals surface area contributed by atoms with Crippen molar-refractivity contribution in [1.29, 1.82) is 0 Å². The van der Waals surface area contributed by atoms with E-state index in [2.05, 4.69) is 55.9 Å². The molecule has 0 saturated carbocycles. The number of fused-ring (bicyclic) bond motifs is 1. The molecule has 1 aromatic heterocycles. The second-order valence-corrected chi connectivity index (χ2v) is 7.21. The smallest absolute Gasteiger partial charge is 0.256 e. The zero-order valence-electron chi connectivity index (χ0n) is 12.6. The van der Waals surface area contributed by atoms with Crippen molar-refractivity contribution in [2.45, 2.75) is 31.6 Å². The van der Waals surface area contributed by atoms with Gasteiger partial charge in [0.25, 0.3) is 5.56 Å². The fourth-order valence-corrected chi connectivity index (χ4v) is 3.73. The van der Waals surface area contributed by atoms with Crippen LogP contribution in [0.2, 0.25) is 0 Å². The summed E-state index contributed by atoms with van der Waals surface area (Å²) in [7, 11) is 0. The summed E-state index contributed by atoms with van der Waals surface area (Å²) in [4.78, 5) is 21.9. The molecule has 1 aromatic carbocycles. The molecule has 1 aliphatic rings. The third kappa shape index (κ3) is 3.29. The van der Waals surface area contributed by atoms with Gasteiger partial charge < -0.3 is 4.98 Å². The van der Waals surface area contributed by atoms with Gasteiger partial charge in [-0.3, -0.25) is 9.69 Å². The van der Waals surface area contributed by atoms with E-state index in [9.17, 15) is 4.79 Å². The number of thioether (sulfide) groups is 1. The van der Waals surface area contributed by atoms with Crippen LogP contribution in [0.25, 0.3) is 0 Å². The maximum absolute atomic E-state index is 12.2. The Morgan fingerprint density at radius 1 is 1.45 bits per heavy atom. The number of halogens is 1. The molecule has 116 valence electrons. The Balaban J connectivity index is 1.81. The number of hydrogen-bond donors (Lipinski definition) is 1. The molecular weight excluding hydrogens is 362 g/mol. The summed E-state index contributed by atoms with van der Waals surface area (Å²) < 4.78 is 1.13. The molecule has 0 radical (unpaired) electrons. The van der Waals surface area contributed by atoms with Crippen LogP contribution in [0.4, 0.5) is 0 Å². The van der Waals surface area contributed by atoms with Gasteiger partial charge in [0, 0.05) is 30.5 Å². The number of aryl methyl sites for hydroxylation is 1. The van der Waals surface area contributed by atoms with Crippen LogP contribution >= 0.6 is 27.7 Å². The van der Waals surface area contributed by atoms with E-state index in [0.717, 1.165) is 35.2 Å². The molecule has 0 spiro atoms. The van der Waals surface area contributed by atoms with Crippen LogP contribution < -0.4 is 5.56 Å². The van der Waals surface area contributed by atoms with Gasteiger partial charge in [-0.1, -0.05) is 39.8 Å². The van der Waals surface area contributed by atoms with Crippen molar-refractivity contribution >= 4 is 27.7 Å². The second kappa shape index (κ2) is 6.56. The summed E-state index contributed by atoms with van der Waals surface area (Å²) in [5, 5.41) is 0.707. The predicted molar refractivity (Wildman–Crippen MR) is 93.3 cm³/mol. The second-order valence-electron chi connectivity index (χ2n) is 5.56. The third-order valence-corrected chi connectivity index (χ3v) is 5.24. The van der Waals surface area contributed by atoms with Crippen LogP contribution in [0.3, 0.4) is 0 Å². The maximum atomic E-state index is 12.2. The minimum atomic E-state index is 0.00187. The van der Waals surface area contributed by atoms with Crippen molar-refractivity contribution in [1.82, 2.24) is 14.9 Å². The highest BCUT2D eigenvalue weighted by atomic mass is 79.9. The zero-order valence-corrected chi connectivity index (χ0v) is 15.1. The topological polar surface area (TPSA) is 49.0 Å². The van der Waals surface area contributed by atoms with E-state index < -0.39 is 0 Å². The first-order chi connectivity index (χ1) is 10.6. The van der Waals surface area contributed by atoms with E-state index in [-0.39, 0.29) is 5.56 Å². The SMILES string of the molecule is CSc1nc2c(c(=O)[nH]1)CN(Cc1ccc(C)cc1Br)CC2. The highest BCUT2D eigenvalue weighted by Crippen LogP contribution is 2.23. The Kier molecular flexibility index (Phi) is 4.70. The average Bonchev–Trinajstić information content (AvgIpc) is 2.50. The molecule has 0 bridgehead atoms. The lowest BCUT2D eigenvalue weighted by atomic mass is 10.1. The number of rotatable bonds is 3. The van der Waals surface area contributed by atoms with Crippen LogP contribution in [0.5, 0.6) is 0 Å². The summed E-state index contributed by atoms with van der Waals surface area (Å²) in [5.74, 6) is 0. The van der Waals surface area contributed by atoms with Gasteiger partial charge in [0.2, 0.25) is 0 Å². The van der Waals surface area contributed by atoms with Crippen molar-refractivity contribution < 1.29 is 0 Å². The predicted octanol–water partition coefficient (Wildman–Crippen LogP) is 3.12. The quantitative estimate of drug-likeness (QED) is 0.657. The maximum Gasteiger partial charge on any atom is 0.256 e. The fraction of sp³-hybridized carbons (Fsp3) is 0.375. The molecule has 0 fully saturated rings.